The molecule has 0 aliphatic heterocycles. The Morgan fingerprint density at radius 1 is 0.767 bits per heavy atom. The van der Waals surface area contributed by atoms with Gasteiger partial charge in [0.2, 0.25) is 0 Å². The van der Waals surface area contributed by atoms with Crippen LogP contribution in [0.4, 0.5) is 5.69 Å². The van der Waals surface area contributed by atoms with Gasteiger partial charge in [0, 0.05) is 11.4 Å². The van der Waals surface area contributed by atoms with Crippen LogP contribution in [-0.4, -0.2) is 0 Å². The van der Waals surface area contributed by atoms with E-state index in [1.54, 1.807) is 12.2 Å². The molecule has 0 saturated heterocycles. The number of allylic oxidation sites excluding steroid dienone is 6. The van der Waals surface area contributed by atoms with Crippen LogP contribution in [0.5, 0.6) is 0 Å². The van der Waals surface area contributed by atoms with Gasteiger partial charge in [-0.05, 0) is 47.1 Å². The molecular formula is C29H45N. The van der Waals surface area contributed by atoms with E-state index in [1.807, 2.05) is 86.6 Å². The van der Waals surface area contributed by atoms with Gasteiger partial charge < -0.3 is 5.32 Å². The summed E-state index contributed by atoms with van der Waals surface area (Å²) < 4.78 is 0. The van der Waals surface area contributed by atoms with Crippen LogP contribution < -0.4 is 5.32 Å². The Morgan fingerprint density at radius 2 is 1.30 bits per heavy atom. The molecule has 166 valence electrons. The van der Waals surface area contributed by atoms with Gasteiger partial charge in [-0.1, -0.05) is 124 Å². The van der Waals surface area contributed by atoms with E-state index in [0.717, 1.165) is 22.5 Å². The summed E-state index contributed by atoms with van der Waals surface area (Å²) in [6.07, 6.45) is 7.56. The zero-order valence-corrected chi connectivity index (χ0v) is 21.0. The second-order valence-electron chi connectivity index (χ2n) is 4.96. The molecule has 2 rings (SSSR count). The Labute approximate surface area is 187 Å². The average molecular weight is 408 g/mol. The first-order valence-corrected chi connectivity index (χ1v) is 11.3. The number of hydrogen-bond acceptors (Lipinski definition) is 1. The van der Waals surface area contributed by atoms with Crippen molar-refractivity contribution in [2.45, 2.75) is 62.3 Å². The molecule has 0 fully saturated rings. The zero-order valence-electron chi connectivity index (χ0n) is 21.0. The molecule has 0 unspecified atom stereocenters. The van der Waals surface area contributed by atoms with Gasteiger partial charge in [-0.3, -0.25) is 0 Å². The fourth-order valence-electron chi connectivity index (χ4n) is 2.19. The fraction of sp³-hybridized carbons (Fsp3) is 0.310. The van der Waals surface area contributed by atoms with Crippen molar-refractivity contribution in [3.8, 4) is 0 Å². The largest absolute Gasteiger partial charge is 0.356 e. The highest BCUT2D eigenvalue weighted by Crippen LogP contribution is 2.21. The minimum atomic E-state index is 0.856. The van der Waals surface area contributed by atoms with E-state index >= 15 is 0 Å². The van der Waals surface area contributed by atoms with Crippen molar-refractivity contribution in [3.63, 3.8) is 0 Å². The predicted molar refractivity (Wildman–Crippen MR) is 144 cm³/mol. The first-order chi connectivity index (χ1) is 14.7. The van der Waals surface area contributed by atoms with Crippen molar-refractivity contribution >= 4 is 16.5 Å². The number of rotatable bonds is 6. The number of fused-ring (bicyclic) bond motifs is 1. The number of benzene rings is 2. The van der Waals surface area contributed by atoms with Gasteiger partial charge in [-0.25, -0.2) is 0 Å². The standard InChI is InChI=1S/C21H21N.4C2H6/c1-5-16(4)17(6-2)14-20(7-3)22-21-13-12-18-10-8-9-11-19(18)15-21;4*1-2/h5-15,22H,1-2,4H2,3H3;4*1-2H3/b17-14-,20-7+;;;;. The fourth-order valence-corrected chi connectivity index (χ4v) is 2.19. The van der Waals surface area contributed by atoms with Gasteiger partial charge in [0.25, 0.3) is 0 Å². The third-order valence-electron chi connectivity index (χ3n) is 3.50. The normalized spacial score (nSPS) is 9.63. The summed E-state index contributed by atoms with van der Waals surface area (Å²) in [7, 11) is 0. The van der Waals surface area contributed by atoms with Crippen molar-refractivity contribution in [3.05, 3.63) is 103 Å². The van der Waals surface area contributed by atoms with Crippen molar-refractivity contribution in [2.24, 2.45) is 0 Å². The van der Waals surface area contributed by atoms with Crippen LogP contribution in [0.3, 0.4) is 0 Å². The highest BCUT2D eigenvalue weighted by Gasteiger charge is 2.00. The van der Waals surface area contributed by atoms with E-state index in [4.69, 9.17) is 0 Å². The molecule has 30 heavy (non-hydrogen) atoms. The Morgan fingerprint density at radius 3 is 1.77 bits per heavy atom. The van der Waals surface area contributed by atoms with Crippen LogP contribution in [0.1, 0.15) is 62.3 Å². The maximum atomic E-state index is 3.97. The molecule has 0 bridgehead atoms. The summed E-state index contributed by atoms with van der Waals surface area (Å²) in [5, 5.41) is 5.87. The first kappa shape index (κ1) is 31.9. The Bertz CT molecular complexity index is 776. The monoisotopic (exact) mass is 407 g/mol. The van der Waals surface area contributed by atoms with Gasteiger partial charge in [-0.2, -0.15) is 0 Å². The van der Waals surface area contributed by atoms with Crippen molar-refractivity contribution in [1.82, 2.24) is 0 Å². The van der Waals surface area contributed by atoms with E-state index in [0.29, 0.717) is 0 Å². The highest BCUT2D eigenvalue weighted by atomic mass is 14.9. The summed E-state index contributed by atoms with van der Waals surface area (Å²) >= 11 is 0. The number of anilines is 1. The summed E-state index contributed by atoms with van der Waals surface area (Å²) in [6, 6.07) is 14.7. The molecule has 0 aliphatic rings. The first-order valence-electron chi connectivity index (χ1n) is 11.3. The van der Waals surface area contributed by atoms with E-state index in [-0.39, 0.29) is 0 Å². The van der Waals surface area contributed by atoms with Crippen LogP contribution in [0, 0.1) is 0 Å². The Hall–Kier alpha value is -2.80. The lowest BCUT2D eigenvalue weighted by Crippen LogP contribution is -1.98. The quantitative estimate of drug-likeness (QED) is 0.469. The molecule has 2 aromatic rings. The van der Waals surface area contributed by atoms with E-state index in [1.165, 1.54) is 10.8 Å². The summed E-state index contributed by atoms with van der Waals surface area (Å²) in [6.45, 7) is 29.6. The lowest BCUT2D eigenvalue weighted by molar-refractivity contribution is 1.42. The van der Waals surface area contributed by atoms with Gasteiger partial charge in [-0.15, -0.1) is 0 Å². The zero-order chi connectivity index (χ0) is 23.9. The summed E-state index contributed by atoms with van der Waals surface area (Å²) in [5.41, 5.74) is 3.86. The Kier molecular flexibility index (Phi) is 23.9. The molecule has 0 heterocycles. The molecule has 0 spiro atoms. The maximum absolute atomic E-state index is 3.97. The number of nitrogens with one attached hydrogen (secondary N) is 1. The molecule has 0 saturated carbocycles. The molecule has 2 aromatic carbocycles. The SMILES string of the molecule is C=CC(=C)/C(C=C)=C\C(=C/C)Nc1ccc2ccccc2c1.CC.CC.CC.CC. The second-order valence-corrected chi connectivity index (χ2v) is 4.96. The molecule has 1 N–H and O–H groups in total. The van der Waals surface area contributed by atoms with E-state index in [2.05, 4.69) is 55.4 Å². The molecule has 0 aromatic heterocycles. The van der Waals surface area contributed by atoms with Crippen molar-refractivity contribution < 1.29 is 0 Å². The molecule has 1 heteroatoms. The van der Waals surface area contributed by atoms with Crippen LogP contribution in [0.15, 0.2) is 103 Å². The third-order valence-corrected chi connectivity index (χ3v) is 3.50. The van der Waals surface area contributed by atoms with Gasteiger partial charge in [0.15, 0.2) is 0 Å². The Balaban J connectivity index is -0.000000815. The summed E-state index contributed by atoms with van der Waals surface area (Å²) in [4.78, 5) is 0. The third kappa shape index (κ3) is 11.9. The predicted octanol–water partition coefficient (Wildman–Crippen LogP) is 10.1. The van der Waals surface area contributed by atoms with Crippen molar-refractivity contribution in [1.29, 1.82) is 0 Å². The van der Waals surface area contributed by atoms with E-state index in [9.17, 15) is 0 Å². The van der Waals surface area contributed by atoms with Crippen molar-refractivity contribution in [2.75, 3.05) is 5.32 Å². The second kappa shape index (κ2) is 22.5. The average Bonchev–Trinajstić information content (AvgIpc) is 2.86. The lowest BCUT2D eigenvalue weighted by Gasteiger charge is -2.10. The maximum Gasteiger partial charge on any atom is 0.0390 e. The topological polar surface area (TPSA) is 12.0 Å². The van der Waals surface area contributed by atoms with Crippen LogP contribution in [0.25, 0.3) is 10.8 Å². The molecular weight excluding hydrogens is 362 g/mol. The van der Waals surface area contributed by atoms with Crippen LogP contribution >= 0.6 is 0 Å². The molecule has 0 amide bonds. The molecule has 1 nitrogen and oxygen atoms in total. The van der Waals surface area contributed by atoms with Gasteiger partial charge in [0.1, 0.15) is 0 Å². The highest BCUT2D eigenvalue weighted by molar-refractivity contribution is 5.86. The van der Waals surface area contributed by atoms with Crippen LogP contribution in [0.2, 0.25) is 0 Å². The summed E-state index contributed by atoms with van der Waals surface area (Å²) in [5.74, 6) is 0. The minimum Gasteiger partial charge on any atom is -0.356 e. The smallest absolute Gasteiger partial charge is 0.0390 e. The van der Waals surface area contributed by atoms with Crippen LogP contribution in [-0.2, 0) is 0 Å². The molecule has 0 atom stereocenters. The van der Waals surface area contributed by atoms with E-state index < -0.39 is 0 Å². The minimum absolute atomic E-state index is 0.856. The van der Waals surface area contributed by atoms with Gasteiger partial charge in [0.05, 0.1) is 0 Å². The van der Waals surface area contributed by atoms with Gasteiger partial charge >= 0.3 is 0 Å². The number of hydrogen-bond donors (Lipinski definition) is 1. The molecule has 0 aliphatic carbocycles. The lowest BCUT2D eigenvalue weighted by atomic mass is 10.1. The molecule has 0 radical (unpaired) electrons.